The summed E-state index contributed by atoms with van der Waals surface area (Å²) < 4.78 is 2.00. The summed E-state index contributed by atoms with van der Waals surface area (Å²) in [5.74, 6) is 0. The number of hydrogen-bond acceptors (Lipinski definition) is 3. The van der Waals surface area contributed by atoms with Gasteiger partial charge in [0.1, 0.15) is 0 Å². The highest BCUT2D eigenvalue weighted by atomic mass is 15.3. The Morgan fingerprint density at radius 2 is 2.06 bits per heavy atom. The molecule has 0 saturated heterocycles. The van der Waals surface area contributed by atoms with Crippen molar-refractivity contribution in [3.05, 3.63) is 18.0 Å². The van der Waals surface area contributed by atoms with Crippen LogP contribution in [0.15, 0.2) is 12.4 Å². The molecule has 0 aliphatic carbocycles. The van der Waals surface area contributed by atoms with E-state index in [0.717, 1.165) is 25.9 Å². The zero-order chi connectivity index (χ0) is 12.9. The highest BCUT2D eigenvalue weighted by molar-refractivity contribution is 4.99. The Hall–Kier alpha value is -0.870. The molecule has 2 N–H and O–H groups in total. The van der Waals surface area contributed by atoms with Crippen LogP contribution in [-0.2, 0) is 6.54 Å². The summed E-state index contributed by atoms with van der Waals surface area (Å²) in [7, 11) is 2.16. The van der Waals surface area contributed by atoms with Crippen molar-refractivity contribution in [2.75, 3.05) is 20.1 Å². The molecule has 17 heavy (non-hydrogen) atoms. The minimum absolute atomic E-state index is 0.141. The standard InChI is InChI=1S/C13H26N4/c1-5-13(6-2,11-14)16(4)7-8-17-10-12(3)9-15-17/h9-10H,5-8,11,14H2,1-4H3. The van der Waals surface area contributed by atoms with E-state index in [2.05, 4.69) is 44.0 Å². The molecule has 98 valence electrons. The van der Waals surface area contributed by atoms with Crippen molar-refractivity contribution in [3.8, 4) is 0 Å². The highest BCUT2D eigenvalue weighted by Gasteiger charge is 2.28. The lowest BCUT2D eigenvalue weighted by Gasteiger charge is -2.40. The largest absolute Gasteiger partial charge is 0.329 e. The van der Waals surface area contributed by atoms with Gasteiger partial charge in [0.25, 0.3) is 0 Å². The summed E-state index contributed by atoms with van der Waals surface area (Å²) in [5.41, 5.74) is 7.29. The third kappa shape index (κ3) is 3.30. The molecule has 4 heteroatoms. The second-order valence-electron chi connectivity index (χ2n) is 4.84. The predicted octanol–water partition coefficient (Wildman–Crippen LogP) is 1.64. The van der Waals surface area contributed by atoms with Gasteiger partial charge in [-0.15, -0.1) is 0 Å². The first-order valence-electron chi connectivity index (χ1n) is 6.48. The van der Waals surface area contributed by atoms with Gasteiger partial charge in [-0.1, -0.05) is 13.8 Å². The highest BCUT2D eigenvalue weighted by Crippen LogP contribution is 2.20. The van der Waals surface area contributed by atoms with Crippen molar-refractivity contribution in [3.63, 3.8) is 0 Å². The van der Waals surface area contributed by atoms with Gasteiger partial charge in [0, 0.05) is 24.8 Å². The molecule has 1 rings (SSSR count). The van der Waals surface area contributed by atoms with Gasteiger partial charge in [0.15, 0.2) is 0 Å². The van der Waals surface area contributed by atoms with Gasteiger partial charge in [-0.25, -0.2) is 0 Å². The summed E-state index contributed by atoms with van der Waals surface area (Å²) in [6.07, 6.45) is 6.16. The van der Waals surface area contributed by atoms with Crippen LogP contribution in [0.4, 0.5) is 0 Å². The summed E-state index contributed by atoms with van der Waals surface area (Å²) in [6.45, 7) is 9.12. The molecule has 0 amide bonds. The molecule has 0 unspecified atom stereocenters. The molecule has 0 atom stereocenters. The average Bonchev–Trinajstić information content (AvgIpc) is 2.75. The normalized spacial score (nSPS) is 12.4. The summed E-state index contributed by atoms with van der Waals surface area (Å²) in [4.78, 5) is 2.38. The molecule has 0 saturated carbocycles. The topological polar surface area (TPSA) is 47.1 Å². The van der Waals surface area contributed by atoms with Gasteiger partial charge >= 0.3 is 0 Å². The summed E-state index contributed by atoms with van der Waals surface area (Å²) in [5, 5.41) is 4.31. The Balaban J connectivity index is 2.55. The number of hydrogen-bond donors (Lipinski definition) is 1. The first-order chi connectivity index (χ1) is 8.07. The van der Waals surface area contributed by atoms with Crippen LogP contribution in [0.3, 0.4) is 0 Å². The second-order valence-corrected chi connectivity index (χ2v) is 4.84. The van der Waals surface area contributed by atoms with Gasteiger partial charge in [0.05, 0.1) is 12.7 Å². The smallest absolute Gasteiger partial charge is 0.0536 e. The molecule has 0 fully saturated rings. The zero-order valence-corrected chi connectivity index (χ0v) is 11.6. The molecule has 4 nitrogen and oxygen atoms in total. The van der Waals surface area contributed by atoms with Crippen molar-refractivity contribution in [2.24, 2.45) is 5.73 Å². The fourth-order valence-corrected chi connectivity index (χ4v) is 2.31. The number of rotatable bonds is 7. The van der Waals surface area contributed by atoms with Crippen molar-refractivity contribution >= 4 is 0 Å². The molecular formula is C13H26N4. The SMILES string of the molecule is CCC(CC)(CN)N(C)CCn1cc(C)cn1. The minimum Gasteiger partial charge on any atom is -0.329 e. The molecule has 1 aromatic heterocycles. The molecule has 0 radical (unpaired) electrons. The van der Waals surface area contributed by atoms with E-state index in [0.29, 0.717) is 6.54 Å². The van der Waals surface area contributed by atoms with Crippen molar-refractivity contribution in [1.29, 1.82) is 0 Å². The Kier molecular flexibility index (Phi) is 5.15. The Morgan fingerprint density at radius 3 is 2.47 bits per heavy atom. The van der Waals surface area contributed by atoms with E-state index >= 15 is 0 Å². The van der Waals surface area contributed by atoms with Crippen LogP contribution in [0.2, 0.25) is 0 Å². The maximum absolute atomic E-state index is 5.94. The second kappa shape index (κ2) is 6.17. The van der Waals surface area contributed by atoms with E-state index in [1.165, 1.54) is 5.56 Å². The molecule has 0 aromatic carbocycles. The van der Waals surface area contributed by atoms with E-state index in [9.17, 15) is 0 Å². The quantitative estimate of drug-likeness (QED) is 0.785. The average molecular weight is 238 g/mol. The monoisotopic (exact) mass is 238 g/mol. The fourth-order valence-electron chi connectivity index (χ4n) is 2.31. The zero-order valence-electron chi connectivity index (χ0n) is 11.6. The lowest BCUT2D eigenvalue weighted by atomic mass is 9.91. The molecule has 1 aromatic rings. The number of aryl methyl sites for hydroxylation is 1. The van der Waals surface area contributed by atoms with Crippen molar-refractivity contribution in [1.82, 2.24) is 14.7 Å². The van der Waals surface area contributed by atoms with E-state index in [-0.39, 0.29) is 5.54 Å². The molecule has 0 spiro atoms. The first-order valence-corrected chi connectivity index (χ1v) is 6.48. The van der Waals surface area contributed by atoms with E-state index < -0.39 is 0 Å². The van der Waals surface area contributed by atoms with Crippen LogP contribution in [0, 0.1) is 6.92 Å². The molecule has 0 aliphatic rings. The van der Waals surface area contributed by atoms with Crippen LogP contribution in [-0.4, -0.2) is 40.4 Å². The van der Waals surface area contributed by atoms with Gasteiger partial charge < -0.3 is 5.73 Å². The number of nitrogens with zero attached hydrogens (tertiary/aromatic N) is 3. The molecule has 0 bridgehead atoms. The minimum atomic E-state index is 0.141. The molecular weight excluding hydrogens is 212 g/mol. The van der Waals surface area contributed by atoms with Crippen LogP contribution in [0.5, 0.6) is 0 Å². The van der Waals surface area contributed by atoms with Crippen LogP contribution >= 0.6 is 0 Å². The maximum Gasteiger partial charge on any atom is 0.0536 e. The van der Waals surface area contributed by atoms with Crippen molar-refractivity contribution in [2.45, 2.75) is 45.7 Å². The van der Waals surface area contributed by atoms with Crippen molar-refractivity contribution < 1.29 is 0 Å². The van der Waals surface area contributed by atoms with Crippen LogP contribution < -0.4 is 5.73 Å². The van der Waals surface area contributed by atoms with Crippen LogP contribution in [0.25, 0.3) is 0 Å². The van der Waals surface area contributed by atoms with Gasteiger partial charge in [-0.05, 0) is 32.4 Å². The van der Waals surface area contributed by atoms with Gasteiger partial charge in [-0.3, -0.25) is 9.58 Å². The first kappa shape index (κ1) is 14.2. The van der Waals surface area contributed by atoms with Gasteiger partial charge in [0.2, 0.25) is 0 Å². The van der Waals surface area contributed by atoms with E-state index in [1.807, 2.05) is 10.9 Å². The Labute approximate surface area is 105 Å². The maximum atomic E-state index is 5.94. The fraction of sp³-hybridized carbons (Fsp3) is 0.769. The van der Waals surface area contributed by atoms with Gasteiger partial charge in [-0.2, -0.15) is 5.10 Å². The van der Waals surface area contributed by atoms with E-state index in [1.54, 1.807) is 0 Å². The third-order valence-corrected chi connectivity index (χ3v) is 3.93. The van der Waals surface area contributed by atoms with E-state index in [4.69, 9.17) is 5.73 Å². The number of aromatic nitrogens is 2. The summed E-state index contributed by atoms with van der Waals surface area (Å²) >= 11 is 0. The predicted molar refractivity (Wildman–Crippen MR) is 72.0 cm³/mol. The lowest BCUT2D eigenvalue weighted by Crippen LogP contribution is -2.52. The number of nitrogens with two attached hydrogens (primary N) is 1. The molecule has 1 heterocycles. The molecule has 0 aliphatic heterocycles. The Bertz CT molecular complexity index is 320. The summed E-state index contributed by atoms with van der Waals surface area (Å²) in [6, 6.07) is 0. The van der Waals surface area contributed by atoms with Crippen LogP contribution in [0.1, 0.15) is 32.3 Å². The number of likely N-dealkylation sites (N-methyl/N-ethyl adjacent to an activating group) is 1. The lowest BCUT2D eigenvalue weighted by molar-refractivity contribution is 0.110. The third-order valence-electron chi connectivity index (χ3n) is 3.93. The Morgan fingerprint density at radius 1 is 1.41 bits per heavy atom.